The van der Waals surface area contributed by atoms with Crippen LogP contribution in [0.5, 0.6) is 0 Å². The Kier molecular flexibility index (Phi) is 4.38. The fourth-order valence-corrected chi connectivity index (χ4v) is 3.00. The predicted molar refractivity (Wildman–Crippen MR) is 102 cm³/mol. The van der Waals surface area contributed by atoms with E-state index in [0.717, 1.165) is 22.2 Å². The van der Waals surface area contributed by atoms with Gasteiger partial charge in [-0.05, 0) is 53.9 Å². The number of aromatic amines is 1. The van der Waals surface area contributed by atoms with Gasteiger partial charge in [-0.3, -0.25) is 4.79 Å². The number of H-pyrrole nitrogens is 1. The number of pyridine rings is 2. The number of carbonyl (C=O) groups excluding carboxylic acids is 1. The first-order valence-corrected chi connectivity index (χ1v) is 8.53. The largest absolute Gasteiger partial charge is 0.346 e. The highest BCUT2D eigenvalue weighted by atomic mass is 19.1. The Bertz CT molecular complexity index is 1120. The average Bonchev–Trinajstić information content (AvgIpc) is 3.08. The number of nitrogens with zero attached hydrogens (tertiary/aromatic N) is 2. The van der Waals surface area contributed by atoms with Crippen LogP contribution in [0.4, 0.5) is 10.2 Å². The summed E-state index contributed by atoms with van der Waals surface area (Å²) in [5, 5.41) is 3.79. The molecule has 2 N–H and O–H groups in total. The van der Waals surface area contributed by atoms with Gasteiger partial charge >= 0.3 is 0 Å². The van der Waals surface area contributed by atoms with Crippen molar-refractivity contribution in [3.8, 4) is 0 Å². The topological polar surface area (TPSA) is 70.7 Å². The summed E-state index contributed by atoms with van der Waals surface area (Å²) in [6.07, 6.45) is 6.13. The Hall–Kier alpha value is -3.54. The molecule has 0 unspecified atom stereocenters. The summed E-state index contributed by atoms with van der Waals surface area (Å²) in [6.45, 7) is 1.76. The number of aromatic nitrogens is 3. The standard InChI is InChI=1S/C21H17FN4O/c1-13-4-6-16(22)10-18(13)21(27)26-19-7-5-14(11-24-19)9-15-12-25-20-17(15)3-2-8-23-20/h2-8,10-12H,9H2,1H3,(H,23,25)(H,24,26,27). The van der Waals surface area contributed by atoms with E-state index in [1.807, 2.05) is 24.4 Å². The molecule has 0 atom stereocenters. The zero-order chi connectivity index (χ0) is 18.8. The van der Waals surface area contributed by atoms with E-state index < -0.39 is 5.82 Å². The Morgan fingerprint density at radius 3 is 2.89 bits per heavy atom. The molecule has 5 nitrogen and oxygen atoms in total. The molecule has 4 aromatic rings. The van der Waals surface area contributed by atoms with E-state index in [1.165, 1.54) is 12.1 Å². The highest BCUT2D eigenvalue weighted by Crippen LogP contribution is 2.20. The van der Waals surface area contributed by atoms with Crippen molar-refractivity contribution in [2.75, 3.05) is 5.32 Å². The Morgan fingerprint density at radius 1 is 1.19 bits per heavy atom. The number of aryl methyl sites for hydroxylation is 1. The lowest BCUT2D eigenvalue weighted by molar-refractivity contribution is 0.102. The SMILES string of the molecule is Cc1ccc(F)cc1C(=O)Nc1ccc(Cc2c[nH]c3ncccc23)cn1. The molecule has 1 aromatic carbocycles. The number of nitrogens with one attached hydrogen (secondary N) is 2. The number of fused-ring (bicyclic) bond motifs is 1. The van der Waals surface area contributed by atoms with E-state index in [9.17, 15) is 9.18 Å². The molecule has 0 radical (unpaired) electrons. The van der Waals surface area contributed by atoms with E-state index in [2.05, 4.69) is 20.3 Å². The van der Waals surface area contributed by atoms with Gasteiger partial charge in [0.05, 0.1) is 0 Å². The number of benzene rings is 1. The van der Waals surface area contributed by atoms with Gasteiger partial charge in [0.15, 0.2) is 0 Å². The third-order valence-electron chi connectivity index (χ3n) is 4.44. The quantitative estimate of drug-likeness (QED) is 0.572. The van der Waals surface area contributed by atoms with Crippen LogP contribution in [0, 0.1) is 12.7 Å². The Balaban J connectivity index is 1.49. The van der Waals surface area contributed by atoms with Gasteiger partial charge in [-0.1, -0.05) is 12.1 Å². The van der Waals surface area contributed by atoms with Gasteiger partial charge < -0.3 is 10.3 Å². The minimum Gasteiger partial charge on any atom is -0.346 e. The molecule has 6 heteroatoms. The van der Waals surface area contributed by atoms with Crippen LogP contribution in [0.2, 0.25) is 0 Å². The fraction of sp³-hybridized carbons (Fsp3) is 0.0952. The minimum absolute atomic E-state index is 0.298. The van der Waals surface area contributed by atoms with Gasteiger partial charge in [-0.25, -0.2) is 14.4 Å². The molecule has 3 heterocycles. The maximum atomic E-state index is 13.4. The zero-order valence-electron chi connectivity index (χ0n) is 14.7. The van der Waals surface area contributed by atoms with Crippen molar-refractivity contribution < 1.29 is 9.18 Å². The summed E-state index contributed by atoms with van der Waals surface area (Å²) < 4.78 is 13.4. The van der Waals surface area contributed by atoms with Crippen LogP contribution < -0.4 is 5.32 Å². The zero-order valence-corrected chi connectivity index (χ0v) is 14.7. The van der Waals surface area contributed by atoms with E-state index in [1.54, 1.807) is 31.5 Å². The molecular weight excluding hydrogens is 343 g/mol. The summed E-state index contributed by atoms with van der Waals surface area (Å²) in [4.78, 5) is 24.1. The molecule has 0 spiro atoms. The number of anilines is 1. The van der Waals surface area contributed by atoms with Gasteiger partial charge in [0.1, 0.15) is 17.3 Å². The van der Waals surface area contributed by atoms with Crippen LogP contribution >= 0.6 is 0 Å². The molecule has 0 bridgehead atoms. The molecular formula is C21H17FN4O. The molecule has 0 fully saturated rings. The molecule has 134 valence electrons. The maximum Gasteiger partial charge on any atom is 0.257 e. The smallest absolute Gasteiger partial charge is 0.257 e. The van der Waals surface area contributed by atoms with Gasteiger partial charge in [0, 0.05) is 36.0 Å². The maximum absolute atomic E-state index is 13.4. The van der Waals surface area contributed by atoms with Crippen LogP contribution in [0.15, 0.2) is 61.1 Å². The average molecular weight is 360 g/mol. The van der Waals surface area contributed by atoms with Crippen LogP contribution in [-0.4, -0.2) is 20.9 Å². The van der Waals surface area contributed by atoms with Crippen molar-refractivity contribution >= 4 is 22.8 Å². The molecule has 0 saturated carbocycles. The molecule has 3 aromatic heterocycles. The third kappa shape index (κ3) is 3.55. The van der Waals surface area contributed by atoms with E-state index in [0.29, 0.717) is 23.4 Å². The van der Waals surface area contributed by atoms with Crippen LogP contribution in [0.3, 0.4) is 0 Å². The van der Waals surface area contributed by atoms with Crippen molar-refractivity contribution in [3.63, 3.8) is 0 Å². The highest BCUT2D eigenvalue weighted by Gasteiger charge is 2.11. The number of hydrogen-bond donors (Lipinski definition) is 2. The lowest BCUT2D eigenvalue weighted by Gasteiger charge is -2.08. The van der Waals surface area contributed by atoms with Crippen LogP contribution in [0.1, 0.15) is 27.0 Å². The van der Waals surface area contributed by atoms with E-state index in [4.69, 9.17) is 0 Å². The number of halogens is 1. The van der Waals surface area contributed by atoms with E-state index >= 15 is 0 Å². The molecule has 1 amide bonds. The van der Waals surface area contributed by atoms with Crippen LogP contribution in [-0.2, 0) is 6.42 Å². The second kappa shape index (κ2) is 6.99. The normalized spacial score (nSPS) is 10.9. The summed E-state index contributed by atoms with van der Waals surface area (Å²) in [5.41, 5.74) is 4.01. The lowest BCUT2D eigenvalue weighted by atomic mass is 10.1. The molecule has 0 aliphatic carbocycles. The van der Waals surface area contributed by atoms with Crippen LogP contribution in [0.25, 0.3) is 11.0 Å². The van der Waals surface area contributed by atoms with Crippen molar-refractivity contribution in [1.82, 2.24) is 15.0 Å². The summed E-state index contributed by atoms with van der Waals surface area (Å²) in [6, 6.07) is 11.7. The molecule has 0 saturated heterocycles. The Morgan fingerprint density at radius 2 is 2.07 bits per heavy atom. The number of hydrogen-bond acceptors (Lipinski definition) is 3. The monoisotopic (exact) mass is 360 g/mol. The molecule has 0 aliphatic heterocycles. The molecule has 0 aliphatic rings. The van der Waals surface area contributed by atoms with Gasteiger partial charge in [0.25, 0.3) is 5.91 Å². The molecule has 27 heavy (non-hydrogen) atoms. The number of carbonyl (C=O) groups is 1. The summed E-state index contributed by atoms with van der Waals surface area (Å²) >= 11 is 0. The van der Waals surface area contributed by atoms with Crippen molar-refractivity contribution in [2.45, 2.75) is 13.3 Å². The van der Waals surface area contributed by atoms with Crippen molar-refractivity contribution in [3.05, 3.63) is 89.1 Å². The molecule has 4 rings (SSSR count). The number of amides is 1. The Labute approximate surface area is 155 Å². The first-order valence-electron chi connectivity index (χ1n) is 8.53. The van der Waals surface area contributed by atoms with Crippen molar-refractivity contribution in [1.29, 1.82) is 0 Å². The van der Waals surface area contributed by atoms with Gasteiger partial charge in [-0.15, -0.1) is 0 Å². The second-order valence-corrected chi connectivity index (χ2v) is 6.36. The third-order valence-corrected chi connectivity index (χ3v) is 4.44. The number of rotatable bonds is 4. The highest BCUT2D eigenvalue weighted by molar-refractivity contribution is 6.04. The lowest BCUT2D eigenvalue weighted by Crippen LogP contribution is -2.14. The first kappa shape index (κ1) is 16.9. The van der Waals surface area contributed by atoms with Crippen molar-refractivity contribution in [2.24, 2.45) is 0 Å². The summed E-state index contributed by atoms with van der Waals surface area (Å²) in [7, 11) is 0. The minimum atomic E-state index is -0.442. The predicted octanol–water partition coefficient (Wildman–Crippen LogP) is 4.25. The summed E-state index contributed by atoms with van der Waals surface area (Å²) in [5.74, 6) is -0.398. The fourth-order valence-electron chi connectivity index (χ4n) is 3.00. The van der Waals surface area contributed by atoms with E-state index in [-0.39, 0.29) is 5.91 Å². The second-order valence-electron chi connectivity index (χ2n) is 6.36. The van der Waals surface area contributed by atoms with Gasteiger partial charge in [-0.2, -0.15) is 0 Å². The first-order chi connectivity index (χ1) is 13.1. The van der Waals surface area contributed by atoms with Gasteiger partial charge in [0.2, 0.25) is 0 Å².